The van der Waals surface area contributed by atoms with Crippen molar-refractivity contribution >= 4 is 29.9 Å². The van der Waals surface area contributed by atoms with Gasteiger partial charge in [-0.25, -0.2) is 0 Å². The number of amides is 1. The number of carbonyl (C=O) groups excluding carboxylic acids is 1. The van der Waals surface area contributed by atoms with E-state index in [9.17, 15) is 4.79 Å². The van der Waals surface area contributed by atoms with E-state index < -0.39 is 0 Å². The van der Waals surface area contributed by atoms with E-state index in [1.54, 1.807) is 0 Å². The molecule has 1 aromatic carbocycles. The van der Waals surface area contributed by atoms with Crippen LogP contribution in [0.3, 0.4) is 0 Å². The number of halogens is 2. The summed E-state index contributed by atoms with van der Waals surface area (Å²) in [6.45, 7) is 2.83. The quantitative estimate of drug-likeness (QED) is 0.685. The largest absolute Gasteiger partial charge is 0.343 e. The number of nitrogens with zero attached hydrogens (tertiary/aromatic N) is 1. The fourth-order valence-corrected chi connectivity index (χ4v) is 2.42. The Morgan fingerprint density at radius 1 is 1.18 bits per heavy atom. The van der Waals surface area contributed by atoms with Gasteiger partial charge in [0.05, 0.1) is 0 Å². The number of benzene rings is 1. The molecule has 5 heteroatoms. The Kier molecular flexibility index (Phi) is 11.3. The highest BCUT2D eigenvalue weighted by Gasteiger charge is 2.15. The van der Waals surface area contributed by atoms with Gasteiger partial charge in [-0.2, -0.15) is 0 Å². The van der Waals surface area contributed by atoms with Gasteiger partial charge in [0.2, 0.25) is 5.91 Å². The van der Waals surface area contributed by atoms with Crippen molar-refractivity contribution in [1.29, 1.82) is 0 Å². The van der Waals surface area contributed by atoms with Crippen molar-refractivity contribution in [2.75, 3.05) is 13.6 Å². The van der Waals surface area contributed by atoms with Crippen molar-refractivity contribution < 1.29 is 4.79 Å². The third-order valence-electron chi connectivity index (χ3n) is 3.84. The van der Waals surface area contributed by atoms with Crippen molar-refractivity contribution in [3.05, 3.63) is 34.9 Å². The van der Waals surface area contributed by atoms with E-state index in [4.69, 9.17) is 17.3 Å². The number of unbranched alkanes of at least 4 members (excludes halogenated alkanes) is 3. The summed E-state index contributed by atoms with van der Waals surface area (Å²) in [4.78, 5) is 14.0. The topological polar surface area (TPSA) is 46.3 Å². The van der Waals surface area contributed by atoms with E-state index in [0.717, 1.165) is 43.7 Å². The second-order valence-electron chi connectivity index (χ2n) is 5.64. The van der Waals surface area contributed by atoms with Crippen LogP contribution in [0.15, 0.2) is 24.3 Å². The molecule has 0 spiro atoms. The highest BCUT2D eigenvalue weighted by Crippen LogP contribution is 2.14. The summed E-state index contributed by atoms with van der Waals surface area (Å²) < 4.78 is 0. The van der Waals surface area contributed by atoms with E-state index in [1.807, 2.05) is 36.2 Å². The fraction of sp³-hybridized carbons (Fsp3) is 0.588. The Labute approximate surface area is 145 Å². The summed E-state index contributed by atoms with van der Waals surface area (Å²) in [6, 6.07) is 8.02. The molecule has 3 nitrogen and oxygen atoms in total. The summed E-state index contributed by atoms with van der Waals surface area (Å²) in [6.07, 6.45) is 5.70. The summed E-state index contributed by atoms with van der Waals surface area (Å²) in [7, 11) is 1.89. The summed E-state index contributed by atoms with van der Waals surface area (Å²) >= 11 is 5.88. The Balaban J connectivity index is 0.00000441. The molecule has 126 valence electrons. The predicted molar refractivity (Wildman–Crippen MR) is 96.8 cm³/mol. The molecule has 0 heterocycles. The van der Waals surface area contributed by atoms with Crippen LogP contribution in [0.5, 0.6) is 0 Å². The zero-order valence-electron chi connectivity index (χ0n) is 13.6. The van der Waals surface area contributed by atoms with Crippen molar-refractivity contribution in [3.8, 4) is 0 Å². The molecular formula is C17H28Cl2N2O. The minimum absolute atomic E-state index is 0. The first-order valence-electron chi connectivity index (χ1n) is 7.74. The molecule has 0 aromatic heterocycles. The van der Waals surface area contributed by atoms with Gasteiger partial charge in [-0.1, -0.05) is 36.6 Å². The highest BCUT2D eigenvalue weighted by molar-refractivity contribution is 6.30. The lowest BCUT2D eigenvalue weighted by Crippen LogP contribution is -2.36. The van der Waals surface area contributed by atoms with Crippen LogP contribution in [0, 0.1) is 0 Å². The number of carbonyl (C=O) groups is 1. The van der Waals surface area contributed by atoms with Gasteiger partial charge in [-0.3, -0.25) is 4.79 Å². The van der Waals surface area contributed by atoms with Crippen LogP contribution >= 0.6 is 24.0 Å². The van der Waals surface area contributed by atoms with Gasteiger partial charge >= 0.3 is 0 Å². The molecule has 0 fully saturated rings. The zero-order chi connectivity index (χ0) is 15.7. The maximum atomic E-state index is 12.1. The SMILES string of the molecule is CC(Cc1ccc(Cl)cc1)N(C)C(=O)CCCCCCN.Cl. The normalized spacial score (nSPS) is 11.6. The van der Waals surface area contributed by atoms with Gasteiger partial charge in [-0.15, -0.1) is 12.4 Å². The minimum atomic E-state index is 0. The van der Waals surface area contributed by atoms with Crippen LogP contribution in [0.1, 0.15) is 44.6 Å². The van der Waals surface area contributed by atoms with Crippen molar-refractivity contribution in [1.82, 2.24) is 4.90 Å². The molecule has 1 aromatic rings. The van der Waals surface area contributed by atoms with Gasteiger partial charge in [-0.05, 0) is 50.4 Å². The molecular weight excluding hydrogens is 319 g/mol. The number of rotatable bonds is 9. The molecule has 1 amide bonds. The van der Waals surface area contributed by atoms with Gasteiger partial charge in [0, 0.05) is 24.5 Å². The van der Waals surface area contributed by atoms with Gasteiger partial charge in [0.25, 0.3) is 0 Å². The average Bonchev–Trinajstić information content (AvgIpc) is 2.48. The van der Waals surface area contributed by atoms with Crippen molar-refractivity contribution in [2.45, 2.75) is 51.5 Å². The Bertz CT molecular complexity index is 423. The van der Waals surface area contributed by atoms with Gasteiger partial charge in [0.15, 0.2) is 0 Å². The molecule has 0 aliphatic carbocycles. The van der Waals surface area contributed by atoms with E-state index in [2.05, 4.69) is 6.92 Å². The molecule has 2 N–H and O–H groups in total. The highest BCUT2D eigenvalue weighted by atomic mass is 35.5. The lowest BCUT2D eigenvalue weighted by Gasteiger charge is -2.25. The number of hydrogen-bond acceptors (Lipinski definition) is 2. The minimum Gasteiger partial charge on any atom is -0.343 e. The standard InChI is InChI=1S/C17H27ClN2O.ClH/c1-14(13-15-8-10-16(18)11-9-15)20(2)17(21)7-5-3-4-6-12-19;/h8-11,14H,3-7,12-13,19H2,1-2H3;1H. The second-order valence-corrected chi connectivity index (χ2v) is 6.07. The van der Waals surface area contributed by atoms with Crippen molar-refractivity contribution in [2.24, 2.45) is 5.73 Å². The van der Waals surface area contributed by atoms with E-state index in [0.29, 0.717) is 6.42 Å². The maximum absolute atomic E-state index is 12.1. The number of nitrogens with two attached hydrogens (primary N) is 1. The molecule has 0 aliphatic rings. The summed E-state index contributed by atoms with van der Waals surface area (Å²) in [5.74, 6) is 0.226. The molecule has 1 unspecified atom stereocenters. The van der Waals surface area contributed by atoms with Crippen LogP contribution in [-0.4, -0.2) is 30.4 Å². The molecule has 0 saturated carbocycles. The number of hydrogen-bond donors (Lipinski definition) is 1. The first-order chi connectivity index (χ1) is 10.0. The smallest absolute Gasteiger partial charge is 0.222 e. The predicted octanol–water partition coefficient (Wildman–Crippen LogP) is 4.06. The molecule has 22 heavy (non-hydrogen) atoms. The zero-order valence-corrected chi connectivity index (χ0v) is 15.1. The second kappa shape index (κ2) is 11.8. The van der Waals surface area contributed by atoms with E-state index in [-0.39, 0.29) is 24.4 Å². The van der Waals surface area contributed by atoms with Crippen LogP contribution in [0.25, 0.3) is 0 Å². The first kappa shape index (κ1) is 21.2. The molecule has 0 saturated heterocycles. The van der Waals surface area contributed by atoms with Crippen LogP contribution in [0.4, 0.5) is 0 Å². The lowest BCUT2D eigenvalue weighted by atomic mass is 10.1. The van der Waals surface area contributed by atoms with Crippen LogP contribution in [0.2, 0.25) is 5.02 Å². The molecule has 1 atom stereocenters. The Hall–Kier alpha value is -0.770. The Morgan fingerprint density at radius 2 is 1.77 bits per heavy atom. The van der Waals surface area contributed by atoms with Gasteiger partial charge < -0.3 is 10.6 Å². The maximum Gasteiger partial charge on any atom is 0.222 e. The summed E-state index contributed by atoms with van der Waals surface area (Å²) in [5, 5.41) is 0.744. The lowest BCUT2D eigenvalue weighted by molar-refractivity contribution is -0.131. The third kappa shape index (κ3) is 8.02. The summed E-state index contributed by atoms with van der Waals surface area (Å²) in [5.41, 5.74) is 6.66. The number of likely N-dealkylation sites (N-methyl/N-ethyl adjacent to an activating group) is 1. The molecule has 1 rings (SSSR count). The molecule has 0 radical (unpaired) electrons. The van der Waals surface area contributed by atoms with Crippen LogP contribution < -0.4 is 5.73 Å². The average molecular weight is 347 g/mol. The van der Waals surface area contributed by atoms with E-state index >= 15 is 0 Å². The molecule has 0 bridgehead atoms. The van der Waals surface area contributed by atoms with Crippen LogP contribution in [-0.2, 0) is 11.2 Å². The molecule has 0 aliphatic heterocycles. The Morgan fingerprint density at radius 3 is 2.36 bits per heavy atom. The van der Waals surface area contributed by atoms with Gasteiger partial charge in [0.1, 0.15) is 0 Å². The van der Waals surface area contributed by atoms with E-state index in [1.165, 1.54) is 5.56 Å². The first-order valence-corrected chi connectivity index (χ1v) is 8.12. The third-order valence-corrected chi connectivity index (χ3v) is 4.10. The van der Waals surface area contributed by atoms with Crippen molar-refractivity contribution in [3.63, 3.8) is 0 Å². The monoisotopic (exact) mass is 346 g/mol. The fourth-order valence-electron chi connectivity index (χ4n) is 2.29.